The molecule has 1 aromatic carbocycles. The van der Waals surface area contributed by atoms with Crippen LogP contribution >= 0.6 is 0 Å². The highest BCUT2D eigenvalue weighted by Gasteiger charge is 2.37. The molecule has 31 heavy (non-hydrogen) atoms. The van der Waals surface area contributed by atoms with Gasteiger partial charge in [0.25, 0.3) is 0 Å². The van der Waals surface area contributed by atoms with Crippen molar-refractivity contribution >= 4 is 5.91 Å². The quantitative estimate of drug-likeness (QED) is 0.534. The third kappa shape index (κ3) is 6.44. The lowest BCUT2D eigenvalue weighted by atomic mass is 10.0. The van der Waals surface area contributed by atoms with Crippen LogP contribution in [0.15, 0.2) is 30.4 Å². The largest absolute Gasteiger partial charge is 0.416 e. The number of amides is 1. The van der Waals surface area contributed by atoms with Crippen LogP contribution in [0, 0.1) is 0 Å². The Labute approximate surface area is 175 Å². The van der Waals surface area contributed by atoms with E-state index in [2.05, 4.69) is 10.2 Å². The van der Waals surface area contributed by atoms with Crippen LogP contribution in [0.2, 0.25) is 0 Å². The number of carbonyl (C=O) groups is 1. The molecule has 3 rings (SSSR count). The van der Waals surface area contributed by atoms with Gasteiger partial charge in [0.15, 0.2) is 0 Å². The molecule has 2 heterocycles. The molecule has 1 N–H and O–H groups in total. The number of carbonyl (C=O) groups excluding carboxylic acids is 1. The summed E-state index contributed by atoms with van der Waals surface area (Å²) in [5, 5.41) is 2.47. The normalized spacial score (nSPS) is 20.9. The number of alkyl halides is 6. The summed E-state index contributed by atoms with van der Waals surface area (Å²) in [6.07, 6.45) is -6.35. The second-order valence-corrected chi connectivity index (χ2v) is 7.45. The van der Waals surface area contributed by atoms with E-state index in [9.17, 15) is 31.1 Å². The first-order chi connectivity index (χ1) is 14.5. The minimum Gasteiger partial charge on any atom is -0.379 e. The molecule has 1 fully saturated rings. The second-order valence-electron chi connectivity index (χ2n) is 7.45. The van der Waals surface area contributed by atoms with Crippen LogP contribution in [-0.2, 0) is 28.4 Å². The molecular weight excluding hydrogens is 428 g/mol. The van der Waals surface area contributed by atoms with Crippen molar-refractivity contribution < 1.29 is 35.9 Å². The molecule has 1 atom stereocenters. The van der Waals surface area contributed by atoms with Gasteiger partial charge in [0.1, 0.15) is 6.04 Å². The number of morpholine rings is 1. The average molecular weight is 451 g/mol. The summed E-state index contributed by atoms with van der Waals surface area (Å²) >= 11 is 0. The van der Waals surface area contributed by atoms with Gasteiger partial charge < -0.3 is 10.1 Å². The van der Waals surface area contributed by atoms with Crippen LogP contribution in [0.5, 0.6) is 0 Å². The summed E-state index contributed by atoms with van der Waals surface area (Å²) in [5.74, 6) is -0.471. The molecule has 0 radical (unpaired) electrons. The summed E-state index contributed by atoms with van der Waals surface area (Å²) in [7, 11) is 0. The standard InChI is InChI=1S/C20H23F6N3O2/c21-19(22,23)15-10-14(11-16(12-15)20(24,25)26)13-27-18(30)17-2-1-3-29(17)5-4-28-6-8-31-9-7-28/h1-2,10-12,17H,3-9,13H2,(H,27,30)/t17-/m0/s1. The summed E-state index contributed by atoms with van der Waals surface area (Å²) in [5.41, 5.74) is -3.07. The molecule has 1 amide bonds. The average Bonchev–Trinajstić information content (AvgIpc) is 3.18. The maximum atomic E-state index is 13.0. The molecule has 5 nitrogen and oxygen atoms in total. The first-order valence-corrected chi connectivity index (χ1v) is 9.81. The molecule has 0 unspecified atom stereocenters. The van der Waals surface area contributed by atoms with Crippen molar-refractivity contribution in [2.45, 2.75) is 24.9 Å². The highest BCUT2D eigenvalue weighted by atomic mass is 19.4. The van der Waals surface area contributed by atoms with E-state index in [0.717, 1.165) is 19.6 Å². The van der Waals surface area contributed by atoms with E-state index in [1.54, 1.807) is 6.08 Å². The van der Waals surface area contributed by atoms with Gasteiger partial charge in [-0.15, -0.1) is 0 Å². The molecule has 0 saturated carbocycles. The monoisotopic (exact) mass is 451 g/mol. The van der Waals surface area contributed by atoms with Gasteiger partial charge in [0.2, 0.25) is 5.91 Å². The Bertz CT molecular complexity index is 771. The lowest BCUT2D eigenvalue weighted by molar-refractivity contribution is -0.143. The van der Waals surface area contributed by atoms with Gasteiger partial charge in [-0.3, -0.25) is 14.6 Å². The van der Waals surface area contributed by atoms with Crippen LogP contribution in [0.1, 0.15) is 16.7 Å². The predicted molar refractivity (Wildman–Crippen MR) is 100 cm³/mol. The molecule has 2 aliphatic rings. The Morgan fingerprint density at radius 1 is 1.00 bits per heavy atom. The van der Waals surface area contributed by atoms with Gasteiger partial charge in [-0.1, -0.05) is 12.2 Å². The van der Waals surface area contributed by atoms with Gasteiger partial charge in [-0.2, -0.15) is 26.3 Å². The number of hydrogen-bond acceptors (Lipinski definition) is 4. The molecule has 1 saturated heterocycles. The minimum absolute atomic E-state index is 0.0679. The Hall–Kier alpha value is -2.11. The number of rotatable bonds is 6. The maximum absolute atomic E-state index is 13.0. The number of halogens is 6. The zero-order valence-electron chi connectivity index (χ0n) is 16.6. The number of nitrogens with zero attached hydrogens (tertiary/aromatic N) is 2. The summed E-state index contributed by atoms with van der Waals surface area (Å²) in [6, 6.07) is 0.694. The van der Waals surface area contributed by atoms with Crippen LogP contribution in [0.25, 0.3) is 0 Å². The summed E-state index contributed by atoms with van der Waals surface area (Å²) in [6.45, 7) is 4.35. The fourth-order valence-electron chi connectivity index (χ4n) is 3.55. The Morgan fingerprint density at radius 3 is 2.19 bits per heavy atom. The lowest BCUT2D eigenvalue weighted by Crippen LogP contribution is -2.47. The number of benzene rings is 1. The number of nitrogens with one attached hydrogen (secondary N) is 1. The van der Waals surface area contributed by atoms with Gasteiger partial charge in [0, 0.05) is 39.3 Å². The molecule has 0 spiro atoms. The van der Waals surface area contributed by atoms with Gasteiger partial charge >= 0.3 is 12.4 Å². The van der Waals surface area contributed by atoms with Crippen molar-refractivity contribution in [3.8, 4) is 0 Å². The third-order valence-corrected chi connectivity index (χ3v) is 5.24. The van der Waals surface area contributed by atoms with Crippen molar-refractivity contribution in [2.24, 2.45) is 0 Å². The maximum Gasteiger partial charge on any atom is 0.416 e. The molecule has 11 heteroatoms. The van der Waals surface area contributed by atoms with Crippen molar-refractivity contribution in [1.82, 2.24) is 15.1 Å². The Morgan fingerprint density at radius 2 is 1.61 bits per heavy atom. The molecular formula is C20H23F6N3O2. The topological polar surface area (TPSA) is 44.8 Å². The van der Waals surface area contributed by atoms with Crippen molar-refractivity contribution in [1.29, 1.82) is 0 Å². The van der Waals surface area contributed by atoms with E-state index in [-0.39, 0.29) is 11.6 Å². The van der Waals surface area contributed by atoms with Crippen LogP contribution in [0.4, 0.5) is 26.3 Å². The van der Waals surface area contributed by atoms with Gasteiger partial charge in [-0.25, -0.2) is 0 Å². The fraction of sp³-hybridized carbons (Fsp3) is 0.550. The molecule has 1 aromatic rings. The molecule has 172 valence electrons. The SMILES string of the molecule is O=C(NCc1cc(C(F)(F)F)cc(C(F)(F)F)c1)[C@@H]1C=CCN1CCN1CCOCC1. The lowest BCUT2D eigenvalue weighted by Gasteiger charge is -2.30. The highest BCUT2D eigenvalue weighted by molar-refractivity contribution is 5.84. The van der Waals surface area contributed by atoms with Crippen LogP contribution in [0.3, 0.4) is 0 Å². The van der Waals surface area contributed by atoms with Crippen LogP contribution < -0.4 is 5.32 Å². The number of ether oxygens (including phenoxy) is 1. The Balaban J connectivity index is 1.62. The Kier molecular flexibility index (Phi) is 7.28. The summed E-state index contributed by atoms with van der Waals surface area (Å²) in [4.78, 5) is 16.7. The zero-order chi connectivity index (χ0) is 22.6. The van der Waals surface area contributed by atoms with E-state index in [1.807, 2.05) is 11.0 Å². The second kappa shape index (κ2) is 9.58. The first-order valence-electron chi connectivity index (χ1n) is 9.81. The van der Waals surface area contributed by atoms with Crippen LogP contribution in [-0.4, -0.2) is 67.7 Å². The molecule has 2 aliphatic heterocycles. The third-order valence-electron chi connectivity index (χ3n) is 5.24. The minimum atomic E-state index is -4.93. The van der Waals surface area contributed by atoms with Crippen molar-refractivity contribution in [2.75, 3.05) is 45.9 Å². The molecule has 0 bridgehead atoms. The van der Waals surface area contributed by atoms with Gasteiger partial charge in [0.05, 0.1) is 24.3 Å². The molecule has 0 aromatic heterocycles. The van der Waals surface area contributed by atoms with Gasteiger partial charge in [-0.05, 0) is 23.8 Å². The first kappa shape index (κ1) is 23.6. The van der Waals surface area contributed by atoms with E-state index < -0.39 is 42.0 Å². The zero-order valence-corrected chi connectivity index (χ0v) is 16.6. The fourth-order valence-corrected chi connectivity index (χ4v) is 3.55. The summed E-state index contributed by atoms with van der Waals surface area (Å²) < 4.78 is 83.2. The predicted octanol–water partition coefficient (Wildman–Crippen LogP) is 2.91. The molecule has 0 aliphatic carbocycles. The van der Waals surface area contributed by atoms with Crippen molar-refractivity contribution in [3.05, 3.63) is 47.0 Å². The highest BCUT2D eigenvalue weighted by Crippen LogP contribution is 2.36. The smallest absolute Gasteiger partial charge is 0.379 e. The van der Waals surface area contributed by atoms with Crippen molar-refractivity contribution in [3.63, 3.8) is 0 Å². The number of hydrogen-bond donors (Lipinski definition) is 1. The van der Waals surface area contributed by atoms with E-state index >= 15 is 0 Å². The van der Waals surface area contributed by atoms with E-state index in [0.29, 0.717) is 38.4 Å². The van der Waals surface area contributed by atoms with E-state index in [4.69, 9.17) is 4.74 Å². The van der Waals surface area contributed by atoms with E-state index in [1.165, 1.54) is 0 Å².